The summed E-state index contributed by atoms with van der Waals surface area (Å²) in [5.74, 6) is 1.42. The normalized spacial score (nSPS) is 20.9. The van der Waals surface area contributed by atoms with Crippen LogP contribution in [0.1, 0.15) is 18.1 Å². The number of alkyl halides is 1. The molecule has 1 aliphatic rings. The van der Waals surface area contributed by atoms with Gasteiger partial charge in [0.1, 0.15) is 5.75 Å². The quantitative estimate of drug-likeness (QED) is 0.755. The second-order valence-corrected chi connectivity index (χ2v) is 5.13. The van der Waals surface area contributed by atoms with E-state index in [0.29, 0.717) is 5.92 Å². The van der Waals surface area contributed by atoms with Gasteiger partial charge in [0.15, 0.2) is 0 Å². The van der Waals surface area contributed by atoms with Crippen molar-refractivity contribution in [3.63, 3.8) is 0 Å². The lowest BCUT2D eigenvalue weighted by atomic mass is 10.1. The Balaban J connectivity index is 1.89. The maximum Gasteiger partial charge on any atom is 0.118 e. The standard InChI is InChI=1S/C14H19BrO3/c1-16-13-4-2-12(3-5-13)14(8-15)18-10-11-6-7-17-9-11/h2-5,11,14H,6-10H2,1H3. The van der Waals surface area contributed by atoms with Crippen LogP contribution in [0.4, 0.5) is 0 Å². The fourth-order valence-corrected chi connectivity index (χ4v) is 2.58. The van der Waals surface area contributed by atoms with E-state index in [4.69, 9.17) is 14.2 Å². The minimum Gasteiger partial charge on any atom is -0.497 e. The zero-order valence-electron chi connectivity index (χ0n) is 10.6. The number of methoxy groups -OCH3 is 1. The second-order valence-electron chi connectivity index (χ2n) is 4.48. The van der Waals surface area contributed by atoms with Crippen molar-refractivity contribution in [2.75, 3.05) is 32.3 Å². The monoisotopic (exact) mass is 314 g/mol. The van der Waals surface area contributed by atoms with E-state index < -0.39 is 0 Å². The van der Waals surface area contributed by atoms with Crippen LogP contribution in [0.25, 0.3) is 0 Å². The molecule has 0 spiro atoms. The van der Waals surface area contributed by atoms with E-state index in [2.05, 4.69) is 28.1 Å². The molecule has 3 nitrogen and oxygen atoms in total. The topological polar surface area (TPSA) is 27.7 Å². The Kier molecular flexibility index (Phi) is 5.47. The van der Waals surface area contributed by atoms with E-state index in [-0.39, 0.29) is 6.10 Å². The lowest BCUT2D eigenvalue weighted by Crippen LogP contribution is -2.14. The average molecular weight is 315 g/mol. The van der Waals surface area contributed by atoms with Gasteiger partial charge in [0.2, 0.25) is 0 Å². The minimum atomic E-state index is 0.0940. The Bertz CT molecular complexity index is 347. The first-order valence-electron chi connectivity index (χ1n) is 6.22. The van der Waals surface area contributed by atoms with E-state index in [1.54, 1.807) is 7.11 Å². The number of benzene rings is 1. The third-order valence-electron chi connectivity index (χ3n) is 3.18. The molecule has 0 aromatic heterocycles. The smallest absolute Gasteiger partial charge is 0.118 e. The molecule has 100 valence electrons. The van der Waals surface area contributed by atoms with Crippen LogP contribution in [0.5, 0.6) is 5.75 Å². The third kappa shape index (κ3) is 3.70. The van der Waals surface area contributed by atoms with Crippen molar-refractivity contribution >= 4 is 15.9 Å². The molecule has 0 aliphatic carbocycles. The minimum absolute atomic E-state index is 0.0940. The van der Waals surface area contributed by atoms with Gasteiger partial charge in [-0.25, -0.2) is 0 Å². The number of hydrogen-bond donors (Lipinski definition) is 0. The summed E-state index contributed by atoms with van der Waals surface area (Å²) in [6.45, 7) is 2.47. The Hall–Kier alpha value is -0.580. The van der Waals surface area contributed by atoms with Crippen LogP contribution in [0, 0.1) is 5.92 Å². The van der Waals surface area contributed by atoms with Crippen molar-refractivity contribution < 1.29 is 14.2 Å². The van der Waals surface area contributed by atoms with E-state index >= 15 is 0 Å². The van der Waals surface area contributed by atoms with Crippen molar-refractivity contribution in [2.24, 2.45) is 5.92 Å². The van der Waals surface area contributed by atoms with Gasteiger partial charge < -0.3 is 14.2 Å². The molecule has 0 radical (unpaired) electrons. The number of rotatable bonds is 6. The van der Waals surface area contributed by atoms with Gasteiger partial charge in [-0.3, -0.25) is 0 Å². The van der Waals surface area contributed by atoms with Gasteiger partial charge in [0.05, 0.1) is 26.4 Å². The first-order chi connectivity index (χ1) is 8.83. The lowest BCUT2D eigenvalue weighted by molar-refractivity contribution is 0.0392. The van der Waals surface area contributed by atoms with Gasteiger partial charge >= 0.3 is 0 Å². The molecular formula is C14H19BrO3. The molecule has 1 aliphatic heterocycles. The summed E-state index contributed by atoms with van der Waals surface area (Å²) in [5.41, 5.74) is 1.17. The molecule has 18 heavy (non-hydrogen) atoms. The van der Waals surface area contributed by atoms with E-state index in [1.807, 2.05) is 12.1 Å². The van der Waals surface area contributed by atoms with Gasteiger partial charge in [0, 0.05) is 17.9 Å². The largest absolute Gasteiger partial charge is 0.497 e. The van der Waals surface area contributed by atoms with E-state index in [9.17, 15) is 0 Å². The first-order valence-corrected chi connectivity index (χ1v) is 7.35. The molecular weight excluding hydrogens is 296 g/mol. The molecule has 1 aromatic carbocycles. The van der Waals surface area contributed by atoms with Crippen LogP contribution < -0.4 is 4.74 Å². The highest BCUT2D eigenvalue weighted by atomic mass is 79.9. The summed E-state index contributed by atoms with van der Waals surface area (Å²) in [4.78, 5) is 0. The van der Waals surface area contributed by atoms with Crippen molar-refractivity contribution in [3.8, 4) is 5.75 Å². The molecule has 1 aromatic rings. The van der Waals surface area contributed by atoms with Crippen LogP contribution >= 0.6 is 15.9 Å². The van der Waals surface area contributed by atoms with Crippen LogP contribution in [0.2, 0.25) is 0 Å². The zero-order valence-corrected chi connectivity index (χ0v) is 12.2. The predicted octanol–water partition coefficient (Wildman–Crippen LogP) is 3.18. The highest BCUT2D eigenvalue weighted by molar-refractivity contribution is 9.09. The second kappa shape index (κ2) is 7.12. The Morgan fingerprint density at radius 2 is 2.17 bits per heavy atom. The summed E-state index contributed by atoms with van der Waals surface area (Å²) in [7, 11) is 1.67. The molecule has 1 saturated heterocycles. The van der Waals surface area contributed by atoms with Crippen LogP contribution in [0.15, 0.2) is 24.3 Å². The summed E-state index contributed by atoms with van der Waals surface area (Å²) < 4.78 is 16.5. The van der Waals surface area contributed by atoms with Crippen molar-refractivity contribution in [1.29, 1.82) is 0 Å². The molecule has 0 saturated carbocycles. The van der Waals surface area contributed by atoms with E-state index in [0.717, 1.165) is 37.3 Å². The molecule has 1 fully saturated rings. The van der Waals surface area contributed by atoms with Crippen molar-refractivity contribution in [1.82, 2.24) is 0 Å². The predicted molar refractivity (Wildman–Crippen MR) is 74.4 cm³/mol. The van der Waals surface area contributed by atoms with Gasteiger partial charge in [-0.1, -0.05) is 28.1 Å². The lowest BCUT2D eigenvalue weighted by Gasteiger charge is -2.18. The SMILES string of the molecule is COc1ccc(C(CBr)OCC2CCOC2)cc1. The summed E-state index contributed by atoms with van der Waals surface area (Å²) in [5, 5.41) is 0.799. The fraction of sp³-hybridized carbons (Fsp3) is 0.571. The summed E-state index contributed by atoms with van der Waals surface area (Å²) in [6, 6.07) is 8.03. The Labute approximate surface area is 117 Å². The highest BCUT2D eigenvalue weighted by Gasteiger charge is 2.18. The van der Waals surface area contributed by atoms with Crippen molar-refractivity contribution in [3.05, 3.63) is 29.8 Å². The number of ether oxygens (including phenoxy) is 3. The molecule has 4 heteroatoms. The fourth-order valence-electron chi connectivity index (χ4n) is 2.02. The summed E-state index contributed by atoms with van der Waals surface area (Å²) in [6.07, 6.45) is 1.20. The van der Waals surface area contributed by atoms with Crippen LogP contribution in [0.3, 0.4) is 0 Å². The Morgan fingerprint density at radius 1 is 1.39 bits per heavy atom. The molecule has 1 heterocycles. The maximum atomic E-state index is 5.97. The third-order valence-corrected chi connectivity index (χ3v) is 3.77. The van der Waals surface area contributed by atoms with Crippen molar-refractivity contribution in [2.45, 2.75) is 12.5 Å². The molecule has 0 N–H and O–H groups in total. The summed E-state index contributed by atoms with van der Waals surface area (Å²) >= 11 is 3.51. The molecule has 0 bridgehead atoms. The molecule has 2 unspecified atom stereocenters. The van der Waals surface area contributed by atoms with E-state index in [1.165, 1.54) is 5.56 Å². The van der Waals surface area contributed by atoms with Crippen LogP contribution in [-0.2, 0) is 9.47 Å². The van der Waals surface area contributed by atoms with Gasteiger partial charge in [-0.2, -0.15) is 0 Å². The first kappa shape index (κ1) is 13.8. The maximum absolute atomic E-state index is 5.97. The molecule has 2 rings (SSSR count). The number of halogens is 1. The van der Waals surface area contributed by atoms with Gasteiger partial charge in [-0.05, 0) is 24.1 Å². The Morgan fingerprint density at radius 3 is 2.72 bits per heavy atom. The zero-order chi connectivity index (χ0) is 12.8. The molecule has 0 amide bonds. The number of hydrogen-bond acceptors (Lipinski definition) is 3. The average Bonchev–Trinajstić information content (AvgIpc) is 2.93. The van der Waals surface area contributed by atoms with Crippen LogP contribution in [-0.4, -0.2) is 32.3 Å². The van der Waals surface area contributed by atoms with Gasteiger partial charge in [0.25, 0.3) is 0 Å². The van der Waals surface area contributed by atoms with Gasteiger partial charge in [-0.15, -0.1) is 0 Å². The highest BCUT2D eigenvalue weighted by Crippen LogP contribution is 2.24. The molecule has 2 atom stereocenters.